The fourth-order valence-corrected chi connectivity index (χ4v) is 2.37. The minimum atomic E-state index is 0.437. The predicted molar refractivity (Wildman–Crippen MR) is 90.1 cm³/mol. The number of thiocarbonyl (C=S) groups is 1. The Bertz CT molecular complexity index is 609. The molecule has 0 aliphatic heterocycles. The number of benzene rings is 1. The zero-order valence-electron chi connectivity index (χ0n) is 11.4. The van der Waals surface area contributed by atoms with Gasteiger partial charge < -0.3 is 5.32 Å². The molecule has 0 aliphatic rings. The van der Waals surface area contributed by atoms with Crippen LogP contribution in [0.4, 0.5) is 5.95 Å². The lowest BCUT2D eigenvalue weighted by molar-refractivity contribution is 0.687. The molecule has 0 atom stereocenters. The largest absolute Gasteiger partial charge is 0.362 e. The second kappa shape index (κ2) is 7.59. The first kappa shape index (κ1) is 16.0. The molecule has 2 rings (SSSR count). The molecule has 0 saturated carbocycles. The molecular formula is C13H15Cl2N5S. The molecule has 112 valence electrons. The summed E-state index contributed by atoms with van der Waals surface area (Å²) in [6, 6.07) is 5.39. The topological polar surface area (TPSA) is 54.8 Å². The van der Waals surface area contributed by atoms with Gasteiger partial charge in [0.05, 0.1) is 6.54 Å². The highest BCUT2D eigenvalue weighted by atomic mass is 35.5. The first-order chi connectivity index (χ1) is 10.1. The monoisotopic (exact) mass is 343 g/mol. The standard InChI is InChI=1S/C13H15Cl2N5S/c1-2-6-16-13(21)18-12-17-8-20(19-12)7-9-10(14)4-3-5-11(9)15/h3-5,8H,2,6-7H2,1H3,(H2,16,18,19,21). The van der Waals surface area contributed by atoms with Crippen LogP contribution in [-0.2, 0) is 6.54 Å². The lowest BCUT2D eigenvalue weighted by atomic mass is 10.2. The van der Waals surface area contributed by atoms with Gasteiger partial charge in [-0.15, -0.1) is 5.10 Å². The zero-order valence-corrected chi connectivity index (χ0v) is 13.8. The van der Waals surface area contributed by atoms with Crippen molar-refractivity contribution in [2.45, 2.75) is 19.9 Å². The molecule has 5 nitrogen and oxygen atoms in total. The molecule has 0 spiro atoms. The molecule has 0 amide bonds. The van der Waals surface area contributed by atoms with Crippen molar-refractivity contribution >= 4 is 46.5 Å². The van der Waals surface area contributed by atoms with E-state index in [2.05, 4.69) is 27.6 Å². The molecule has 1 heterocycles. The van der Waals surface area contributed by atoms with Gasteiger partial charge in [0.25, 0.3) is 0 Å². The van der Waals surface area contributed by atoms with Gasteiger partial charge in [-0.2, -0.15) is 0 Å². The van der Waals surface area contributed by atoms with E-state index in [9.17, 15) is 0 Å². The van der Waals surface area contributed by atoms with E-state index in [1.54, 1.807) is 29.2 Å². The Morgan fingerprint density at radius 3 is 2.71 bits per heavy atom. The summed E-state index contributed by atoms with van der Waals surface area (Å²) in [6.45, 7) is 3.32. The van der Waals surface area contributed by atoms with Crippen molar-refractivity contribution in [3.8, 4) is 0 Å². The van der Waals surface area contributed by atoms with Gasteiger partial charge in [-0.1, -0.05) is 36.2 Å². The van der Waals surface area contributed by atoms with Gasteiger partial charge in [0.2, 0.25) is 5.95 Å². The number of aromatic nitrogens is 3. The van der Waals surface area contributed by atoms with Crippen LogP contribution >= 0.6 is 35.4 Å². The van der Waals surface area contributed by atoms with Gasteiger partial charge in [-0.05, 0) is 30.8 Å². The van der Waals surface area contributed by atoms with Crippen LogP contribution in [-0.4, -0.2) is 26.4 Å². The summed E-state index contributed by atoms with van der Waals surface area (Å²) in [7, 11) is 0. The first-order valence-electron chi connectivity index (χ1n) is 6.47. The molecule has 0 saturated heterocycles. The Kier molecular flexibility index (Phi) is 5.78. The predicted octanol–water partition coefficient (Wildman–Crippen LogP) is 3.33. The lowest BCUT2D eigenvalue weighted by Gasteiger charge is -2.07. The Labute approximate surface area is 138 Å². The zero-order chi connectivity index (χ0) is 15.2. The third-order valence-electron chi connectivity index (χ3n) is 2.68. The van der Waals surface area contributed by atoms with E-state index < -0.39 is 0 Å². The number of anilines is 1. The highest BCUT2D eigenvalue weighted by molar-refractivity contribution is 7.80. The van der Waals surface area contributed by atoms with E-state index in [4.69, 9.17) is 35.4 Å². The number of hydrogen-bond acceptors (Lipinski definition) is 3. The van der Waals surface area contributed by atoms with Gasteiger partial charge in [0.1, 0.15) is 6.33 Å². The number of halogens is 2. The van der Waals surface area contributed by atoms with Crippen molar-refractivity contribution in [2.24, 2.45) is 0 Å². The van der Waals surface area contributed by atoms with Crippen LogP contribution in [0.2, 0.25) is 10.0 Å². The smallest absolute Gasteiger partial charge is 0.248 e. The number of nitrogens with one attached hydrogen (secondary N) is 2. The molecule has 0 bridgehead atoms. The Hall–Kier alpha value is -1.37. The quantitative estimate of drug-likeness (QED) is 0.815. The average Bonchev–Trinajstić information content (AvgIpc) is 2.88. The maximum Gasteiger partial charge on any atom is 0.248 e. The van der Waals surface area contributed by atoms with E-state index >= 15 is 0 Å². The molecule has 8 heteroatoms. The molecule has 21 heavy (non-hydrogen) atoms. The van der Waals surface area contributed by atoms with Crippen LogP contribution in [0, 0.1) is 0 Å². The summed E-state index contributed by atoms with van der Waals surface area (Å²) < 4.78 is 1.65. The van der Waals surface area contributed by atoms with Crippen LogP contribution in [0.3, 0.4) is 0 Å². The lowest BCUT2D eigenvalue weighted by Crippen LogP contribution is -2.29. The fourth-order valence-electron chi connectivity index (χ4n) is 1.66. The summed E-state index contributed by atoms with van der Waals surface area (Å²) in [4.78, 5) is 4.15. The van der Waals surface area contributed by atoms with Crippen molar-refractivity contribution in [3.05, 3.63) is 40.1 Å². The van der Waals surface area contributed by atoms with E-state index in [1.165, 1.54) is 0 Å². The highest BCUT2D eigenvalue weighted by Crippen LogP contribution is 2.24. The van der Waals surface area contributed by atoms with Gasteiger partial charge in [-0.3, -0.25) is 5.32 Å². The molecular weight excluding hydrogens is 329 g/mol. The van der Waals surface area contributed by atoms with Crippen LogP contribution in [0.15, 0.2) is 24.5 Å². The Morgan fingerprint density at radius 2 is 2.05 bits per heavy atom. The van der Waals surface area contributed by atoms with Crippen molar-refractivity contribution in [3.63, 3.8) is 0 Å². The summed E-state index contributed by atoms with van der Waals surface area (Å²) in [5.41, 5.74) is 0.809. The SMILES string of the molecule is CCCNC(=S)Nc1ncn(Cc2c(Cl)cccc2Cl)n1. The number of hydrogen-bond donors (Lipinski definition) is 2. The van der Waals surface area contributed by atoms with E-state index in [0.29, 0.717) is 27.7 Å². The summed E-state index contributed by atoms with van der Waals surface area (Å²) in [6.07, 6.45) is 2.60. The molecule has 2 aromatic rings. The van der Waals surface area contributed by atoms with E-state index in [-0.39, 0.29) is 0 Å². The fraction of sp³-hybridized carbons (Fsp3) is 0.308. The molecule has 0 aliphatic carbocycles. The average molecular weight is 344 g/mol. The summed E-state index contributed by atoms with van der Waals surface area (Å²) in [5.74, 6) is 0.437. The van der Waals surface area contributed by atoms with Crippen molar-refractivity contribution in [2.75, 3.05) is 11.9 Å². The molecule has 0 unspecified atom stereocenters. The first-order valence-corrected chi connectivity index (χ1v) is 7.63. The van der Waals surface area contributed by atoms with Gasteiger partial charge in [-0.25, -0.2) is 9.67 Å². The van der Waals surface area contributed by atoms with Gasteiger partial charge >= 0.3 is 0 Å². The summed E-state index contributed by atoms with van der Waals surface area (Å²) >= 11 is 17.4. The highest BCUT2D eigenvalue weighted by Gasteiger charge is 2.08. The summed E-state index contributed by atoms with van der Waals surface area (Å²) in [5, 5.41) is 12.0. The Morgan fingerprint density at radius 1 is 1.33 bits per heavy atom. The van der Waals surface area contributed by atoms with Crippen LogP contribution < -0.4 is 10.6 Å². The molecule has 1 aromatic heterocycles. The normalized spacial score (nSPS) is 10.4. The number of rotatable bonds is 5. The maximum atomic E-state index is 6.14. The minimum absolute atomic E-state index is 0.437. The molecule has 0 radical (unpaired) electrons. The third kappa shape index (κ3) is 4.56. The van der Waals surface area contributed by atoms with Crippen molar-refractivity contribution < 1.29 is 0 Å². The van der Waals surface area contributed by atoms with Gasteiger partial charge in [0.15, 0.2) is 5.11 Å². The molecule has 1 aromatic carbocycles. The van der Waals surface area contributed by atoms with Crippen LogP contribution in [0.1, 0.15) is 18.9 Å². The molecule has 2 N–H and O–H groups in total. The number of nitrogens with zero attached hydrogens (tertiary/aromatic N) is 3. The van der Waals surface area contributed by atoms with Crippen molar-refractivity contribution in [1.82, 2.24) is 20.1 Å². The van der Waals surface area contributed by atoms with Crippen LogP contribution in [0.25, 0.3) is 0 Å². The Balaban J connectivity index is 2.02. The third-order valence-corrected chi connectivity index (χ3v) is 3.63. The molecule has 0 fully saturated rings. The van der Waals surface area contributed by atoms with E-state index in [1.807, 2.05) is 0 Å². The maximum absolute atomic E-state index is 6.14. The van der Waals surface area contributed by atoms with Crippen molar-refractivity contribution in [1.29, 1.82) is 0 Å². The van der Waals surface area contributed by atoms with Crippen LogP contribution in [0.5, 0.6) is 0 Å². The second-order valence-corrected chi connectivity index (χ2v) is 5.57. The minimum Gasteiger partial charge on any atom is -0.362 e. The van der Waals surface area contributed by atoms with E-state index in [0.717, 1.165) is 18.5 Å². The second-order valence-electron chi connectivity index (χ2n) is 4.35. The van der Waals surface area contributed by atoms with Gasteiger partial charge in [0, 0.05) is 22.2 Å².